The molecule has 0 saturated carbocycles. The van der Waals surface area contributed by atoms with E-state index in [0.717, 1.165) is 38.8 Å². The van der Waals surface area contributed by atoms with Crippen molar-refractivity contribution in [2.45, 2.75) is 38.1 Å². The Morgan fingerprint density at radius 1 is 1.09 bits per heavy atom. The van der Waals surface area contributed by atoms with Crippen molar-refractivity contribution < 1.29 is 14.4 Å². The van der Waals surface area contributed by atoms with Gasteiger partial charge in [0.25, 0.3) is 5.91 Å². The molecule has 0 unspecified atom stereocenters. The quantitative estimate of drug-likeness (QED) is 0.869. The second kappa shape index (κ2) is 6.81. The molecule has 23 heavy (non-hydrogen) atoms. The van der Waals surface area contributed by atoms with Crippen molar-refractivity contribution in [2.24, 2.45) is 0 Å². The van der Waals surface area contributed by atoms with Gasteiger partial charge in [-0.25, -0.2) is 0 Å². The van der Waals surface area contributed by atoms with Crippen LogP contribution in [0, 0.1) is 0 Å². The summed E-state index contributed by atoms with van der Waals surface area (Å²) in [6, 6.07) is 6.02. The van der Waals surface area contributed by atoms with Gasteiger partial charge in [0.15, 0.2) is 0 Å². The molecule has 1 aromatic carbocycles. The van der Waals surface area contributed by atoms with Crippen molar-refractivity contribution in [3.8, 4) is 0 Å². The molecule has 122 valence electrons. The Kier molecular flexibility index (Phi) is 4.60. The topological polar surface area (TPSA) is 78.5 Å². The monoisotopic (exact) mass is 315 g/mol. The molecule has 1 aromatic rings. The van der Waals surface area contributed by atoms with Crippen molar-refractivity contribution in [3.63, 3.8) is 0 Å². The molecule has 0 aliphatic carbocycles. The predicted molar refractivity (Wildman–Crippen MR) is 86.0 cm³/mol. The Balaban J connectivity index is 1.70. The van der Waals surface area contributed by atoms with Gasteiger partial charge >= 0.3 is 0 Å². The van der Waals surface area contributed by atoms with E-state index >= 15 is 0 Å². The molecule has 1 fully saturated rings. The lowest BCUT2D eigenvalue weighted by Gasteiger charge is -2.23. The van der Waals surface area contributed by atoms with Gasteiger partial charge in [-0.1, -0.05) is 25.0 Å². The van der Waals surface area contributed by atoms with E-state index < -0.39 is 6.04 Å². The highest BCUT2D eigenvalue weighted by Gasteiger charge is 2.30. The molecule has 2 aliphatic heterocycles. The highest BCUT2D eigenvalue weighted by molar-refractivity contribution is 6.10. The summed E-state index contributed by atoms with van der Waals surface area (Å²) in [5.41, 5.74) is 0.908. The molecular formula is C17H21N3O3. The van der Waals surface area contributed by atoms with E-state index in [4.69, 9.17) is 0 Å². The van der Waals surface area contributed by atoms with E-state index in [0.29, 0.717) is 11.3 Å². The van der Waals surface area contributed by atoms with Gasteiger partial charge in [0.1, 0.15) is 6.04 Å². The van der Waals surface area contributed by atoms with E-state index in [1.807, 2.05) is 4.90 Å². The maximum atomic E-state index is 12.5. The number of para-hydroxylation sites is 1. The molecule has 6 nitrogen and oxygen atoms in total. The normalized spacial score (nSPS) is 21.6. The summed E-state index contributed by atoms with van der Waals surface area (Å²) in [6.07, 6.45) is 4.28. The molecule has 0 aromatic heterocycles. The maximum Gasteiger partial charge on any atom is 0.254 e. The number of hydrogen-bond donors (Lipinski definition) is 2. The number of carbonyl (C=O) groups is 3. The van der Waals surface area contributed by atoms with Gasteiger partial charge in [0.05, 0.1) is 17.7 Å². The van der Waals surface area contributed by atoms with Crippen LogP contribution in [0.3, 0.4) is 0 Å². The third-order valence-electron chi connectivity index (χ3n) is 4.39. The lowest BCUT2D eigenvalue weighted by molar-refractivity contribution is -0.133. The molecule has 2 N–H and O–H groups in total. The number of anilines is 1. The molecule has 0 radical (unpaired) electrons. The van der Waals surface area contributed by atoms with Gasteiger partial charge < -0.3 is 15.5 Å². The Morgan fingerprint density at radius 2 is 1.78 bits per heavy atom. The van der Waals surface area contributed by atoms with Crippen LogP contribution in [-0.4, -0.2) is 41.8 Å². The molecular weight excluding hydrogens is 294 g/mol. The number of nitrogens with one attached hydrogen (secondary N) is 2. The first kappa shape index (κ1) is 15.5. The number of nitrogens with zero attached hydrogens (tertiary/aromatic N) is 1. The van der Waals surface area contributed by atoms with E-state index in [2.05, 4.69) is 10.6 Å². The molecule has 2 aliphatic rings. The summed E-state index contributed by atoms with van der Waals surface area (Å²) in [4.78, 5) is 38.8. The van der Waals surface area contributed by atoms with Gasteiger partial charge in [-0.05, 0) is 25.0 Å². The number of likely N-dealkylation sites (tertiary alicyclic amines) is 1. The second-order valence-corrected chi connectivity index (χ2v) is 6.06. The van der Waals surface area contributed by atoms with Gasteiger partial charge in [0, 0.05) is 13.1 Å². The lowest BCUT2D eigenvalue weighted by Crippen LogP contribution is -2.45. The summed E-state index contributed by atoms with van der Waals surface area (Å²) in [7, 11) is 0. The Labute approximate surface area is 135 Å². The number of carbonyl (C=O) groups excluding carboxylic acids is 3. The molecule has 3 rings (SSSR count). The van der Waals surface area contributed by atoms with Crippen LogP contribution >= 0.6 is 0 Å². The van der Waals surface area contributed by atoms with Crippen LogP contribution in [0.4, 0.5) is 5.69 Å². The van der Waals surface area contributed by atoms with Crippen LogP contribution in [0.25, 0.3) is 0 Å². The minimum Gasteiger partial charge on any atom is -0.343 e. The van der Waals surface area contributed by atoms with E-state index in [1.54, 1.807) is 24.3 Å². The Hall–Kier alpha value is -2.37. The van der Waals surface area contributed by atoms with Crippen molar-refractivity contribution in [2.75, 3.05) is 18.4 Å². The summed E-state index contributed by atoms with van der Waals surface area (Å²) in [5.74, 6) is -0.739. The smallest absolute Gasteiger partial charge is 0.254 e. The summed E-state index contributed by atoms with van der Waals surface area (Å²) in [5, 5.41) is 5.40. The fourth-order valence-electron chi connectivity index (χ4n) is 3.08. The van der Waals surface area contributed by atoms with Crippen molar-refractivity contribution in [1.29, 1.82) is 0 Å². The predicted octanol–water partition coefficient (Wildman–Crippen LogP) is 1.53. The summed E-state index contributed by atoms with van der Waals surface area (Å²) < 4.78 is 0. The van der Waals surface area contributed by atoms with E-state index in [1.165, 1.54) is 0 Å². The number of hydrogen-bond acceptors (Lipinski definition) is 3. The van der Waals surface area contributed by atoms with E-state index in [9.17, 15) is 14.4 Å². The first-order chi connectivity index (χ1) is 11.1. The average molecular weight is 315 g/mol. The van der Waals surface area contributed by atoms with Crippen LogP contribution in [0.1, 0.15) is 42.5 Å². The zero-order valence-corrected chi connectivity index (χ0v) is 13.0. The molecule has 3 amide bonds. The first-order valence-electron chi connectivity index (χ1n) is 8.13. The van der Waals surface area contributed by atoms with Crippen molar-refractivity contribution in [3.05, 3.63) is 29.8 Å². The van der Waals surface area contributed by atoms with Crippen LogP contribution in [-0.2, 0) is 9.59 Å². The third kappa shape index (κ3) is 3.52. The molecule has 0 bridgehead atoms. The fraction of sp³-hybridized carbons (Fsp3) is 0.471. The van der Waals surface area contributed by atoms with Crippen LogP contribution in [0.5, 0.6) is 0 Å². The van der Waals surface area contributed by atoms with Crippen molar-refractivity contribution >= 4 is 23.4 Å². The zero-order chi connectivity index (χ0) is 16.2. The second-order valence-electron chi connectivity index (χ2n) is 6.06. The van der Waals surface area contributed by atoms with Crippen LogP contribution in [0.2, 0.25) is 0 Å². The molecule has 6 heteroatoms. The average Bonchev–Trinajstić information content (AvgIpc) is 2.88. The van der Waals surface area contributed by atoms with Gasteiger partial charge in [0.2, 0.25) is 11.8 Å². The molecule has 1 saturated heterocycles. The highest BCUT2D eigenvalue weighted by Crippen LogP contribution is 2.19. The minimum absolute atomic E-state index is 0.00552. The summed E-state index contributed by atoms with van der Waals surface area (Å²) >= 11 is 0. The van der Waals surface area contributed by atoms with E-state index in [-0.39, 0.29) is 24.1 Å². The van der Waals surface area contributed by atoms with Gasteiger partial charge in [-0.15, -0.1) is 0 Å². The SMILES string of the molecule is O=C1N[C@@H](CC(=O)N2CCCCCC2)C(=O)Nc2ccccc21. The fourth-order valence-corrected chi connectivity index (χ4v) is 3.08. The third-order valence-corrected chi connectivity index (χ3v) is 4.39. The van der Waals surface area contributed by atoms with Crippen molar-refractivity contribution in [1.82, 2.24) is 10.2 Å². The molecule has 2 heterocycles. The molecule has 1 atom stereocenters. The van der Waals surface area contributed by atoms with Gasteiger partial charge in [-0.3, -0.25) is 14.4 Å². The minimum atomic E-state index is -0.828. The lowest BCUT2D eigenvalue weighted by atomic mass is 10.1. The van der Waals surface area contributed by atoms with Gasteiger partial charge in [-0.2, -0.15) is 0 Å². The number of rotatable bonds is 2. The standard InChI is InChI=1S/C17H21N3O3/c21-15(20-9-5-1-2-6-10-20)11-14-17(23)18-13-8-4-3-7-12(13)16(22)19-14/h3-4,7-8,14H,1-2,5-6,9-11H2,(H,18,23)(H,19,22)/t14-/m0/s1. The number of benzene rings is 1. The number of fused-ring (bicyclic) bond motifs is 1. The number of amides is 3. The first-order valence-corrected chi connectivity index (χ1v) is 8.13. The zero-order valence-electron chi connectivity index (χ0n) is 13.0. The van der Waals surface area contributed by atoms with Crippen LogP contribution in [0.15, 0.2) is 24.3 Å². The largest absolute Gasteiger partial charge is 0.343 e. The highest BCUT2D eigenvalue weighted by atomic mass is 16.2. The Morgan fingerprint density at radius 3 is 2.52 bits per heavy atom. The van der Waals surface area contributed by atoms with Crippen LogP contribution < -0.4 is 10.6 Å². The molecule has 0 spiro atoms. The summed E-state index contributed by atoms with van der Waals surface area (Å²) in [6.45, 7) is 1.47. The Bertz CT molecular complexity index is 621. The maximum absolute atomic E-state index is 12.5.